The molecule has 2 aliphatic rings. The zero-order valence-corrected chi connectivity index (χ0v) is 32.7. The maximum atomic E-state index is 14.3. The summed E-state index contributed by atoms with van der Waals surface area (Å²) in [7, 11) is 3.13. The standard InChI is InChI=1S/C39H60N6O8/c1-9-15-28(33(47)35(49)40-23-29(46)42-30(36(50)44(7)8)25-16-11-10-12-17-25)41-34(48)32-27(22-24(2)3)20-21-45(32)37(51)31(26-18-13-14-19-26)43-38(52)53-39(4,5)6/h10-12,16-17,24,26-28,30-32H,9,13-15,18-23H2,1-8H3,(H,40,49)(H,41,48)(H,42,46)(H,43,52)/t27-,28?,30+,31+,32+/m1/s1. The van der Waals surface area contributed by atoms with Gasteiger partial charge in [-0.05, 0) is 76.2 Å². The predicted molar refractivity (Wildman–Crippen MR) is 199 cm³/mol. The minimum atomic E-state index is -1.20. The number of nitrogens with zero attached hydrogens (tertiary/aromatic N) is 2. The molecule has 1 saturated heterocycles. The molecule has 1 aliphatic carbocycles. The Morgan fingerprint density at radius 1 is 0.925 bits per heavy atom. The first-order valence-electron chi connectivity index (χ1n) is 18.9. The zero-order chi connectivity index (χ0) is 39.5. The van der Waals surface area contributed by atoms with Gasteiger partial charge in [-0.2, -0.15) is 0 Å². The van der Waals surface area contributed by atoms with Gasteiger partial charge in [0.25, 0.3) is 5.91 Å². The monoisotopic (exact) mass is 740 g/mol. The lowest BCUT2D eigenvalue weighted by Gasteiger charge is -2.34. The number of carbonyl (C=O) groups excluding carboxylic acids is 7. The van der Waals surface area contributed by atoms with Crippen LogP contribution in [-0.4, -0.2) is 102 Å². The van der Waals surface area contributed by atoms with Crippen LogP contribution in [0.2, 0.25) is 0 Å². The third kappa shape index (κ3) is 12.6. The molecule has 1 unspecified atom stereocenters. The molecule has 2 fully saturated rings. The number of likely N-dealkylation sites (N-methyl/N-ethyl adjacent to an activating group) is 1. The van der Waals surface area contributed by atoms with Crippen molar-refractivity contribution in [3.8, 4) is 0 Å². The first-order valence-corrected chi connectivity index (χ1v) is 18.9. The number of carbonyl (C=O) groups is 7. The van der Waals surface area contributed by atoms with Crippen LogP contribution in [0.15, 0.2) is 30.3 Å². The number of rotatable bonds is 16. The van der Waals surface area contributed by atoms with Gasteiger partial charge in [0.2, 0.25) is 29.4 Å². The number of ketones is 1. The molecule has 53 heavy (non-hydrogen) atoms. The third-order valence-corrected chi connectivity index (χ3v) is 9.63. The zero-order valence-electron chi connectivity index (χ0n) is 32.7. The van der Waals surface area contributed by atoms with Crippen LogP contribution in [0, 0.1) is 17.8 Å². The minimum Gasteiger partial charge on any atom is -0.444 e. The maximum absolute atomic E-state index is 14.3. The van der Waals surface area contributed by atoms with Crippen molar-refractivity contribution in [2.75, 3.05) is 27.2 Å². The summed E-state index contributed by atoms with van der Waals surface area (Å²) in [5.41, 5.74) is -0.212. The summed E-state index contributed by atoms with van der Waals surface area (Å²) >= 11 is 0. The van der Waals surface area contributed by atoms with Crippen molar-refractivity contribution < 1.29 is 38.3 Å². The molecule has 1 aromatic carbocycles. The van der Waals surface area contributed by atoms with Gasteiger partial charge in [-0.3, -0.25) is 28.8 Å². The maximum Gasteiger partial charge on any atom is 0.408 e. The summed E-state index contributed by atoms with van der Waals surface area (Å²) in [5.74, 6) is -4.05. The molecule has 6 amide bonds. The topological polar surface area (TPSA) is 183 Å². The van der Waals surface area contributed by atoms with Crippen LogP contribution in [0.25, 0.3) is 0 Å². The van der Waals surface area contributed by atoms with Crippen LogP contribution in [0.1, 0.15) is 105 Å². The molecule has 1 heterocycles. The molecule has 5 atom stereocenters. The molecule has 14 heteroatoms. The van der Waals surface area contributed by atoms with Gasteiger partial charge in [-0.25, -0.2) is 4.79 Å². The van der Waals surface area contributed by atoms with Gasteiger partial charge in [0.1, 0.15) is 23.7 Å². The Morgan fingerprint density at radius 3 is 2.13 bits per heavy atom. The molecule has 1 saturated carbocycles. The van der Waals surface area contributed by atoms with E-state index < -0.39 is 65.9 Å². The van der Waals surface area contributed by atoms with Crippen molar-refractivity contribution in [3.05, 3.63) is 35.9 Å². The van der Waals surface area contributed by atoms with Crippen LogP contribution in [0.3, 0.4) is 0 Å². The van der Waals surface area contributed by atoms with E-state index in [1.807, 2.05) is 20.8 Å². The fourth-order valence-electron chi connectivity index (χ4n) is 7.22. The van der Waals surface area contributed by atoms with Gasteiger partial charge in [0.05, 0.1) is 12.6 Å². The molecule has 1 aliphatic heterocycles. The SMILES string of the molecule is CCCC(NC(=O)[C@@H]1[C@@H](CC(C)C)CCN1C(=O)[C@@H](NC(=O)OC(C)(C)C)C1CCCC1)C(=O)C(=O)NCC(=O)N[C@H](C(=O)N(C)C)c1ccccc1. The van der Waals surface area contributed by atoms with E-state index in [0.29, 0.717) is 31.4 Å². The normalized spacial score (nSPS) is 19.2. The number of Topliss-reactive ketones (excluding diaryl/α,β-unsaturated/α-hetero) is 1. The van der Waals surface area contributed by atoms with Gasteiger partial charge in [0, 0.05) is 20.6 Å². The smallest absolute Gasteiger partial charge is 0.408 e. The van der Waals surface area contributed by atoms with Gasteiger partial charge in [-0.15, -0.1) is 0 Å². The summed E-state index contributed by atoms with van der Waals surface area (Å²) < 4.78 is 5.49. The fourth-order valence-corrected chi connectivity index (χ4v) is 7.22. The van der Waals surface area contributed by atoms with E-state index in [0.717, 1.165) is 25.7 Å². The lowest BCUT2D eigenvalue weighted by Crippen LogP contribution is -2.59. The highest BCUT2D eigenvalue weighted by Gasteiger charge is 2.46. The number of benzene rings is 1. The van der Waals surface area contributed by atoms with Crippen LogP contribution >= 0.6 is 0 Å². The highest BCUT2D eigenvalue weighted by molar-refractivity contribution is 6.38. The van der Waals surface area contributed by atoms with Crippen molar-refractivity contribution in [2.45, 2.75) is 123 Å². The molecular formula is C39H60N6O8. The Labute approximate surface area is 313 Å². The van der Waals surface area contributed by atoms with Crippen molar-refractivity contribution in [2.24, 2.45) is 17.8 Å². The summed E-state index contributed by atoms with van der Waals surface area (Å²) in [5, 5.41) is 10.5. The second-order valence-electron chi connectivity index (χ2n) is 15.9. The Balaban J connectivity index is 1.75. The predicted octanol–water partition coefficient (Wildman–Crippen LogP) is 3.25. The van der Waals surface area contributed by atoms with Crippen LogP contribution < -0.4 is 21.3 Å². The molecule has 0 aromatic heterocycles. The summed E-state index contributed by atoms with van der Waals surface area (Å²) in [6.45, 7) is 10.8. The summed E-state index contributed by atoms with van der Waals surface area (Å²) in [4.78, 5) is 96.5. The largest absolute Gasteiger partial charge is 0.444 e. The average molecular weight is 741 g/mol. The number of alkyl carbamates (subject to hydrolysis) is 1. The summed E-state index contributed by atoms with van der Waals surface area (Å²) in [6, 6.07) is 4.66. The third-order valence-electron chi connectivity index (χ3n) is 9.63. The van der Waals surface area contributed by atoms with Crippen LogP contribution in [0.4, 0.5) is 4.79 Å². The quantitative estimate of drug-likeness (QED) is 0.186. The average Bonchev–Trinajstić information content (AvgIpc) is 3.77. The van der Waals surface area contributed by atoms with Gasteiger partial charge >= 0.3 is 6.09 Å². The van der Waals surface area contributed by atoms with Crippen molar-refractivity contribution in [1.29, 1.82) is 0 Å². The van der Waals surface area contributed by atoms with Crippen molar-refractivity contribution in [1.82, 2.24) is 31.1 Å². The van der Waals surface area contributed by atoms with E-state index in [1.54, 1.807) is 65.2 Å². The molecule has 0 spiro atoms. The van der Waals surface area contributed by atoms with Gasteiger partial charge in [0.15, 0.2) is 0 Å². The highest BCUT2D eigenvalue weighted by atomic mass is 16.6. The highest BCUT2D eigenvalue weighted by Crippen LogP contribution is 2.34. The van der Waals surface area contributed by atoms with E-state index in [1.165, 1.54) is 9.80 Å². The second kappa shape index (κ2) is 19.5. The lowest BCUT2D eigenvalue weighted by atomic mass is 9.89. The number of ether oxygens (including phenoxy) is 1. The Morgan fingerprint density at radius 2 is 1.57 bits per heavy atom. The van der Waals surface area contributed by atoms with E-state index in [4.69, 9.17) is 4.74 Å². The molecule has 294 valence electrons. The van der Waals surface area contributed by atoms with E-state index in [-0.39, 0.29) is 36.0 Å². The van der Waals surface area contributed by atoms with Crippen LogP contribution in [-0.2, 0) is 33.5 Å². The van der Waals surface area contributed by atoms with E-state index >= 15 is 0 Å². The number of nitrogens with one attached hydrogen (secondary N) is 4. The number of likely N-dealkylation sites (tertiary alicyclic amines) is 1. The van der Waals surface area contributed by atoms with Crippen molar-refractivity contribution in [3.63, 3.8) is 0 Å². The number of hydrogen-bond donors (Lipinski definition) is 4. The Hall–Kier alpha value is -4.49. The lowest BCUT2D eigenvalue weighted by molar-refractivity contribution is -0.144. The summed E-state index contributed by atoms with van der Waals surface area (Å²) in [6.07, 6.45) is 4.49. The van der Waals surface area contributed by atoms with Crippen LogP contribution in [0.5, 0.6) is 0 Å². The molecule has 4 N–H and O–H groups in total. The molecule has 14 nitrogen and oxygen atoms in total. The van der Waals surface area contributed by atoms with E-state index in [2.05, 4.69) is 21.3 Å². The molecule has 1 aromatic rings. The van der Waals surface area contributed by atoms with Crippen molar-refractivity contribution >= 4 is 41.4 Å². The second-order valence-corrected chi connectivity index (χ2v) is 15.9. The molecule has 3 rings (SSSR count). The minimum absolute atomic E-state index is 0.109. The van der Waals surface area contributed by atoms with Gasteiger partial charge < -0.3 is 35.8 Å². The molecule has 0 radical (unpaired) electrons. The number of amides is 6. The first kappa shape index (κ1) is 42.9. The Bertz CT molecular complexity index is 1450. The fraction of sp³-hybridized carbons (Fsp3) is 0.667. The molecular weight excluding hydrogens is 680 g/mol. The van der Waals surface area contributed by atoms with Gasteiger partial charge in [-0.1, -0.05) is 70.4 Å². The van der Waals surface area contributed by atoms with E-state index in [9.17, 15) is 33.6 Å². The molecule has 0 bridgehead atoms. The Kier molecular flexibility index (Phi) is 15.8. The first-order chi connectivity index (χ1) is 24.9. The number of hydrogen-bond acceptors (Lipinski definition) is 8.